The fourth-order valence-electron chi connectivity index (χ4n) is 2.50. The topological polar surface area (TPSA) is 81.7 Å². The van der Waals surface area contributed by atoms with E-state index in [1.54, 1.807) is 0 Å². The highest BCUT2D eigenvalue weighted by Gasteiger charge is 2.23. The first-order chi connectivity index (χ1) is 9.06. The molecule has 2 atom stereocenters. The van der Waals surface area contributed by atoms with Gasteiger partial charge in [-0.2, -0.15) is 0 Å². The number of carboxylic acids is 1. The second-order valence-corrected chi connectivity index (χ2v) is 4.98. The zero-order chi connectivity index (χ0) is 14.3. The van der Waals surface area contributed by atoms with Crippen molar-refractivity contribution in [3.63, 3.8) is 0 Å². The predicted octanol–water partition coefficient (Wildman–Crippen LogP) is 1.02. The Bertz CT molecular complexity index is 310. The van der Waals surface area contributed by atoms with Gasteiger partial charge >= 0.3 is 12.0 Å². The zero-order valence-electron chi connectivity index (χ0n) is 11.8. The highest BCUT2D eigenvalue weighted by Crippen LogP contribution is 2.15. The molecule has 1 fully saturated rings. The van der Waals surface area contributed by atoms with Gasteiger partial charge in [0.2, 0.25) is 0 Å². The van der Waals surface area contributed by atoms with Gasteiger partial charge < -0.3 is 15.7 Å². The molecule has 1 aliphatic heterocycles. The second-order valence-electron chi connectivity index (χ2n) is 4.98. The number of rotatable bonds is 7. The number of carbonyl (C=O) groups excluding carboxylic acids is 1. The summed E-state index contributed by atoms with van der Waals surface area (Å²) in [4.78, 5) is 24.7. The summed E-state index contributed by atoms with van der Waals surface area (Å²) in [6, 6.07) is -0.158. The molecular weight excluding hydrogens is 246 g/mol. The molecule has 110 valence electrons. The summed E-state index contributed by atoms with van der Waals surface area (Å²) in [5.74, 6) is -0.889. The summed E-state index contributed by atoms with van der Waals surface area (Å²) in [5, 5.41) is 14.3. The number of nitrogens with zero attached hydrogens (tertiary/aromatic N) is 1. The van der Waals surface area contributed by atoms with Crippen LogP contribution in [-0.4, -0.2) is 53.7 Å². The first-order valence-electron chi connectivity index (χ1n) is 7.07. The first kappa shape index (κ1) is 15.8. The number of carbonyl (C=O) groups is 2. The maximum atomic E-state index is 11.7. The van der Waals surface area contributed by atoms with E-state index < -0.39 is 5.97 Å². The molecule has 0 aromatic heterocycles. The molecule has 0 bridgehead atoms. The van der Waals surface area contributed by atoms with E-state index in [0.29, 0.717) is 19.0 Å². The number of likely N-dealkylation sites (N-methyl/N-ethyl adjacent to an activating group) is 1. The molecule has 1 saturated heterocycles. The molecule has 0 aromatic rings. The monoisotopic (exact) mass is 271 g/mol. The molecule has 0 aliphatic carbocycles. The molecule has 6 heteroatoms. The average molecular weight is 271 g/mol. The maximum Gasteiger partial charge on any atom is 0.315 e. The van der Waals surface area contributed by atoms with Gasteiger partial charge in [-0.15, -0.1) is 0 Å². The minimum absolute atomic E-state index is 0.0333. The van der Waals surface area contributed by atoms with Crippen molar-refractivity contribution in [3.8, 4) is 0 Å². The fraction of sp³-hybridized carbons (Fsp3) is 0.846. The quantitative estimate of drug-likeness (QED) is 0.646. The lowest BCUT2D eigenvalue weighted by Crippen LogP contribution is -2.47. The first-order valence-corrected chi connectivity index (χ1v) is 7.07. The summed E-state index contributed by atoms with van der Waals surface area (Å²) in [7, 11) is 0. The normalized spacial score (nSPS) is 21.1. The number of nitrogens with one attached hydrogen (secondary N) is 2. The zero-order valence-corrected chi connectivity index (χ0v) is 11.8. The lowest BCUT2D eigenvalue weighted by molar-refractivity contribution is -0.137. The Morgan fingerprint density at radius 3 is 2.74 bits per heavy atom. The highest BCUT2D eigenvalue weighted by atomic mass is 16.4. The van der Waals surface area contributed by atoms with Gasteiger partial charge in [-0.25, -0.2) is 4.79 Å². The molecule has 1 rings (SSSR count). The van der Waals surface area contributed by atoms with E-state index in [1.165, 1.54) is 6.42 Å². The Kier molecular flexibility index (Phi) is 6.62. The van der Waals surface area contributed by atoms with E-state index in [4.69, 9.17) is 5.11 Å². The van der Waals surface area contributed by atoms with Crippen molar-refractivity contribution < 1.29 is 14.7 Å². The molecule has 2 unspecified atom stereocenters. The van der Waals surface area contributed by atoms with Crippen molar-refractivity contribution >= 4 is 12.0 Å². The van der Waals surface area contributed by atoms with Gasteiger partial charge in [0.1, 0.15) is 0 Å². The lowest BCUT2D eigenvalue weighted by Gasteiger charge is -2.23. The van der Waals surface area contributed by atoms with Crippen LogP contribution in [0.15, 0.2) is 0 Å². The Balaban J connectivity index is 2.28. The number of hydrogen-bond donors (Lipinski definition) is 3. The summed E-state index contributed by atoms with van der Waals surface area (Å²) < 4.78 is 0. The fourth-order valence-corrected chi connectivity index (χ4v) is 2.50. The Morgan fingerprint density at radius 1 is 1.42 bits per heavy atom. The van der Waals surface area contributed by atoms with Crippen LogP contribution in [0, 0.1) is 0 Å². The summed E-state index contributed by atoms with van der Waals surface area (Å²) in [5.41, 5.74) is 0. The van der Waals surface area contributed by atoms with Crippen LogP contribution in [0.5, 0.6) is 0 Å². The van der Waals surface area contributed by atoms with E-state index in [9.17, 15) is 9.59 Å². The van der Waals surface area contributed by atoms with Crippen LogP contribution < -0.4 is 10.6 Å². The van der Waals surface area contributed by atoms with Crippen LogP contribution >= 0.6 is 0 Å². The summed E-state index contributed by atoms with van der Waals surface area (Å²) in [6.07, 6.45) is 2.87. The van der Waals surface area contributed by atoms with Crippen molar-refractivity contribution in [1.82, 2.24) is 15.5 Å². The van der Waals surface area contributed by atoms with E-state index in [0.717, 1.165) is 19.5 Å². The number of urea groups is 1. The van der Waals surface area contributed by atoms with Crippen LogP contribution in [0.25, 0.3) is 0 Å². The molecule has 1 aliphatic rings. The van der Waals surface area contributed by atoms with E-state index in [1.807, 2.05) is 6.92 Å². The van der Waals surface area contributed by atoms with E-state index >= 15 is 0 Å². The predicted molar refractivity (Wildman–Crippen MR) is 73.1 cm³/mol. The Hall–Kier alpha value is -1.30. The number of hydrogen-bond acceptors (Lipinski definition) is 3. The molecule has 0 spiro atoms. The molecule has 1 heterocycles. The lowest BCUT2D eigenvalue weighted by atomic mass is 10.1. The van der Waals surface area contributed by atoms with Crippen LogP contribution in [0.4, 0.5) is 4.79 Å². The summed E-state index contributed by atoms with van der Waals surface area (Å²) in [6.45, 7) is 6.72. The standard InChI is InChI=1S/C13H25N3O3/c1-3-10(8-12(17)18)15-13(19)14-9-11-6-5-7-16(11)4-2/h10-11H,3-9H2,1-2H3,(H,17,18)(H2,14,15,19). The van der Waals surface area contributed by atoms with Gasteiger partial charge in [-0.05, 0) is 32.4 Å². The number of likely N-dealkylation sites (tertiary alicyclic amines) is 1. The Morgan fingerprint density at radius 2 is 2.16 bits per heavy atom. The molecule has 0 aromatic carbocycles. The van der Waals surface area contributed by atoms with Gasteiger partial charge in [0.05, 0.1) is 6.42 Å². The molecule has 0 saturated carbocycles. The van der Waals surface area contributed by atoms with Crippen LogP contribution in [0.1, 0.15) is 39.5 Å². The largest absolute Gasteiger partial charge is 0.481 e. The van der Waals surface area contributed by atoms with Crippen LogP contribution in [-0.2, 0) is 4.79 Å². The van der Waals surface area contributed by atoms with Crippen molar-refractivity contribution in [1.29, 1.82) is 0 Å². The number of amides is 2. The molecule has 0 radical (unpaired) electrons. The van der Waals surface area contributed by atoms with E-state index in [-0.39, 0.29) is 18.5 Å². The third kappa shape index (κ3) is 5.46. The smallest absolute Gasteiger partial charge is 0.315 e. The third-order valence-electron chi connectivity index (χ3n) is 3.65. The van der Waals surface area contributed by atoms with Crippen molar-refractivity contribution in [3.05, 3.63) is 0 Å². The summed E-state index contributed by atoms with van der Waals surface area (Å²) >= 11 is 0. The van der Waals surface area contributed by atoms with Crippen LogP contribution in [0.2, 0.25) is 0 Å². The number of aliphatic carboxylic acids is 1. The molecular formula is C13H25N3O3. The van der Waals surface area contributed by atoms with E-state index in [2.05, 4.69) is 22.5 Å². The third-order valence-corrected chi connectivity index (χ3v) is 3.65. The average Bonchev–Trinajstić information content (AvgIpc) is 2.82. The van der Waals surface area contributed by atoms with Crippen molar-refractivity contribution in [2.75, 3.05) is 19.6 Å². The van der Waals surface area contributed by atoms with Crippen LogP contribution in [0.3, 0.4) is 0 Å². The highest BCUT2D eigenvalue weighted by molar-refractivity contribution is 5.75. The van der Waals surface area contributed by atoms with Gasteiger partial charge in [-0.3, -0.25) is 9.69 Å². The van der Waals surface area contributed by atoms with Gasteiger partial charge in [-0.1, -0.05) is 13.8 Å². The van der Waals surface area contributed by atoms with Gasteiger partial charge in [0, 0.05) is 18.6 Å². The molecule has 6 nitrogen and oxygen atoms in total. The SMILES string of the molecule is CCC(CC(=O)O)NC(=O)NCC1CCCN1CC. The minimum Gasteiger partial charge on any atom is -0.481 e. The molecule has 19 heavy (non-hydrogen) atoms. The number of carboxylic acid groups (broad SMARTS) is 1. The van der Waals surface area contributed by atoms with Crippen molar-refractivity contribution in [2.45, 2.75) is 51.6 Å². The van der Waals surface area contributed by atoms with Gasteiger partial charge in [0.25, 0.3) is 0 Å². The second kappa shape index (κ2) is 7.99. The Labute approximate surface area is 114 Å². The van der Waals surface area contributed by atoms with Crippen molar-refractivity contribution in [2.24, 2.45) is 0 Å². The maximum absolute atomic E-state index is 11.7. The molecule has 2 amide bonds. The molecule has 3 N–H and O–H groups in total. The minimum atomic E-state index is -0.889. The van der Waals surface area contributed by atoms with Gasteiger partial charge in [0.15, 0.2) is 0 Å².